The molecule has 0 spiro atoms. The van der Waals surface area contributed by atoms with E-state index in [4.69, 9.17) is 0 Å². The van der Waals surface area contributed by atoms with Gasteiger partial charge in [0.25, 0.3) is 0 Å². The van der Waals surface area contributed by atoms with E-state index in [-0.39, 0.29) is 0 Å². The first-order chi connectivity index (χ1) is 3.88. The van der Waals surface area contributed by atoms with Crippen molar-refractivity contribution < 1.29 is 0 Å². The summed E-state index contributed by atoms with van der Waals surface area (Å²) in [7, 11) is 0. The Bertz CT molecular complexity index is 133. The van der Waals surface area contributed by atoms with Crippen molar-refractivity contribution in [3.8, 4) is 0 Å². The smallest absolute Gasteiger partial charge is 0.0168 e. The van der Waals surface area contributed by atoms with Crippen LogP contribution in [0.2, 0.25) is 0 Å². The Morgan fingerprint density at radius 3 is 2.75 bits per heavy atom. The lowest BCUT2D eigenvalue weighted by atomic mass is 9.67. The molecule has 0 amide bonds. The third-order valence-corrected chi connectivity index (χ3v) is 2.66. The van der Waals surface area contributed by atoms with Crippen molar-refractivity contribution in [3.63, 3.8) is 0 Å². The number of hydrogen-bond donors (Lipinski definition) is 0. The molecule has 0 aromatic heterocycles. The van der Waals surface area contributed by atoms with Gasteiger partial charge in [0, 0.05) is 0 Å². The van der Waals surface area contributed by atoms with Gasteiger partial charge in [0.2, 0.25) is 0 Å². The molecular weight excluding hydrogens is 96.1 g/mol. The van der Waals surface area contributed by atoms with Crippen LogP contribution in [-0.2, 0) is 0 Å². The third kappa shape index (κ3) is 0.410. The first-order valence-corrected chi connectivity index (χ1v) is 3.58. The Balaban J connectivity index is 2.21. The lowest BCUT2D eigenvalue weighted by molar-refractivity contribution is 0.329. The van der Waals surface area contributed by atoms with Crippen LogP contribution in [0.5, 0.6) is 0 Å². The highest BCUT2D eigenvalue weighted by Gasteiger charge is 2.31. The lowest BCUT2D eigenvalue weighted by Crippen LogP contribution is -2.26. The molecule has 3 rings (SSSR count). The highest BCUT2D eigenvalue weighted by molar-refractivity contribution is 5.23. The molecule has 0 N–H and O–H groups in total. The highest BCUT2D eigenvalue weighted by Crippen LogP contribution is 2.43. The monoisotopic (exact) mass is 108 g/mol. The van der Waals surface area contributed by atoms with Crippen LogP contribution in [0.4, 0.5) is 0 Å². The summed E-state index contributed by atoms with van der Waals surface area (Å²) in [5, 5.41) is 0. The van der Waals surface area contributed by atoms with E-state index in [1.54, 1.807) is 5.57 Å². The Kier molecular flexibility index (Phi) is 0.787. The molecule has 2 bridgehead atoms. The highest BCUT2D eigenvalue weighted by atomic mass is 14.4. The molecule has 1 fully saturated rings. The summed E-state index contributed by atoms with van der Waals surface area (Å²) in [4.78, 5) is 0. The van der Waals surface area contributed by atoms with Crippen LogP contribution in [0.3, 0.4) is 0 Å². The van der Waals surface area contributed by atoms with Gasteiger partial charge in [0.15, 0.2) is 0 Å². The standard InChI is InChI=1S/C8H12/c1-6-7-3-2-4-8(6)5-7/h5-7H,2-4H2,1H3. The fraction of sp³-hybridized carbons (Fsp3) is 0.750. The van der Waals surface area contributed by atoms with Crippen molar-refractivity contribution in [2.75, 3.05) is 0 Å². The van der Waals surface area contributed by atoms with Crippen LogP contribution in [0, 0.1) is 11.8 Å². The molecule has 0 heterocycles. The maximum Gasteiger partial charge on any atom is -0.0168 e. The second-order valence-electron chi connectivity index (χ2n) is 3.09. The van der Waals surface area contributed by atoms with E-state index in [9.17, 15) is 0 Å². The first kappa shape index (κ1) is 4.60. The zero-order valence-electron chi connectivity index (χ0n) is 5.35. The minimum Gasteiger partial charge on any atom is -0.0813 e. The second-order valence-corrected chi connectivity index (χ2v) is 3.09. The Labute approximate surface area is 50.6 Å². The zero-order chi connectivity index (χ0) is 5.56. The summed E-state index contributed by atoms with van der Waals surface area (Å²) in [5.74, 6) is 1.95. The SMILES string of the molecule is CC1C2=CC1CCC2. The molecule has 2 unspecified atom stereocenters. The molecule has 3 aliphatic rings. The summed E-state index contributed by atoms with van der Waals surface area (Å²) in [5.41, 5.74) is 1.74. The average Bonchev–Trinajstić information content (AvgIpc) is 1.89. The van der Waals surface area contributed by atoms with Crippen LogP contribution in [0.25, 0.3) is 0 Å². The minimum absolute atomic E-state index is 0.962. The van der Waals surface area contributed by atoms with E-state index in [0.717, 1.165) is 11.8 Å². The van der Waals surface area contributed by atoms with Crippen molar-refractivity contribution in [2.24, 2.45) is 11.8 Å². The van der Waals surface area contributed by atoms with Gasteiger partial charge in [-0.2, -0.15) is 0 Å². The molecule has 0 aromatic carbocycles. The van der Waals surface area contributed by atoms with Crippen molar-refractivity contribution in [1.29, 1.82) is 0 Å². The zero-order valence-corrected chi connectivity index (χ0v) is 5.35. The van der Waals surface area contributed by atoms with Crippen molar-refractivity contribution in [2.45, 2.75) is 26.2 Å². The number of hydrogen-bond acceptors (Lipinski definition) is 0. The normalized spacial score (nSPS) is 42.9. The first-order valence-electron chi connectivity index (χ1n) is 3.58. The van der Waals surface area contributed by atoms with Gasteiger partial charge in [0.05, 0.1) is 0 Å². The fourth-order valence-electron chi connectivity index (χ4n) is 1.91. The molecule has 0 heteroatoms. The van der Waals surface area contributed by atoms with Crippen LogP contribution >= 0.6 is 0 Å². The summed E-state index contributed by atoms with van der Waals surface area (Å²) in [6, 6.07) is 0. The molecule has 0 nitrogen and oxygen atoms in total. The van der Waals surface area contributed by atoms with Gasteiger partial charge in [-0.25, -0.2) is 0 Å². The molecule has 0 aromatic rings. The summed E-state index contributed by atoms with van der Waals surface area (Å²) in [6.45, 7) is 2.36. The predicted octanol–water partition coefficient (Wildman–Crippen LogP) is 2.36. The van der Waals surface area contributed by atoms with Crippen molar-refractivity contribution >= 4 is 0 Å². The molecule has 3 aliphatic carbocycles. The quantitative estimate of drug-likeness (QED) is 0.418. The summed E-state index contributed by atoms with van der Waals surface area (Å²) >= 11 is 0. The van der Waals surface area contributed by atoms with E-state index in [0.29, 0.717) is 0 Å². The fourth-order valence-corrected chi connectivity index (χ4v) is 1.91. The summed E-state index contributed by atoms with van der Waals surface area (Å²) in [6.07, 6.45) is 6.79. The van der Waals surface area contributed by atoms with Crippen molar-refractivity contribution in [3.05, 3.63) is 11.6 Å². The number of allylic oxidation sites excluding steroid dienone is 2. The topological polar surface area (TPSA) is 0 Å². The molecule has 0 aliphatic heterocycles. The largest absolute Gasteiger partial charge is 0.0813 e. The second kappa shape index (κ2) is 1.37. The van der Waals surface area contributed by atoms with Crippen LogP contribution in [-0.4, -0.2) is 0 Å². The third-order valence-electron chi connectivity index (χ3n) is 2.66. The maximum atomic E-state index is 2.47. The van der Waals surface area contributed by atoms with E-state index in [2.05, 4.69) is 13.0 Å². The van der Waals surface area contributed by atoms with Gasteiger partial charge in [-0.1, -0.05) is 18.6 Å². The summed E-state index contributed by atoms with van der Waals surface area (Å²) < 4.78 is 0. The Hall–Kier alpha value is -0.260. The van der Waals surface area contributed by atoms with Crippen LogP contribution in [0.1, 0.15) is 26.2 Å². The average molecular weight is 108 g/mol. The Morgan fingerprint density at radius 2 is 2.50 bits per heavy atom. The molecule has 2 atom stereocenters. The lowest BCUT2D eigenvalue weighted by Gasteiger charge is -2.38. The molecule has 44 valence electrons. The van der Waals surface area contributed by atoms with E-state index >= 15 is 0 Å². The van der Waals surface area contributed by atoms with Gasteiger partial charge < -0.3 is 0 Å². The molecule has 1 saturated carbocycles. The van der Waals surface area contributed by atoms with Gasteiger partial charge in [-0.05, 0) is 31.1 Å². The van der Waals surface area contributed by atoms with E-state index < -0.39 is 0 Å². The maximum absolute atomic E-state index is 2.47. The van der Waals surface area contributed by atoms with Gasteiger partial charge in [-0.3, -0.25) is 0 Å². The minimum atomic E-state index is 0.962. The van der Waals surface area contributed by atoms with Crippen LogP contribution in [0.15, 0.2) is 11.6 Å². The predicted molar refractivity (Wildman–Crippen MR) is 34.6 cm³/mol. The van der Waals surface area contributed by atoms with Gasteiger partial charge in [-0.15, -0.1) is 0 Å². The van der Waals surface area contributed by atoms with Crippen molar-refractivity contribution in [1.82, 2.24) is 0 Å². The van der Waals surface area contributed by atoms with Gasteiger partial charge >= 0.3 is 0 Å². The molecule has 0 radical (unpaired) electrons. The number of rotatable bonds is 0. The molecular formula is C8H12. The van der Waals surface area contributed by atoms with Gasteiger partial charge in [0.1, 0.15) is 0 Å². The Morgan fingerprint density at radius 1 is 1.62 bits per heavy atom. The van der Waals surface area contributed by atoms with Crippen LogP contribution < -0.4 is 0 Å². The number of fused-ring (bicyclic) bond motifs is 2. The van der Waals surface area contributed by atoms with E-state index in [1.165, 1.54) is 19.3 Å². The molecule has 8 heavy (non-hydrogen) atoms. The molecule has 0 saturated heterocycles. The van der Waals surface area contributed by atoms with E-state index in [1.807, 2.05) is 0 Å².